The smallest absolute Gasteiger partial charge is 0.337 e. The Kier molecular flexibility index (Phi) is 5.89. The van der Waals surface area contributed by atoms with E-state index in [2.05, 4.69) is 5.32 Å². The number of alkyl halides is 3. The molecule has 6 nitrogen and oxygen atoms in total. The van der Waals surface area contributed by atoms with Crippen molar-refractivity contribution in [2.24, 2.45) is 11.8 Å². The summed E-state index contributed by atoms with van der Waals surface area (Å²) < 4.78 is 52.7. The fourth-order valence-corrected chi connectivity index (χ4v) is 5.97. The number of imide groups is 1. The van der Waals surface area contributed by atoms with Gasteiger partial charge in [0, 0.05) is 25.7 Å². The lowest BCUT2D eigenvalue weighted by atomic mass is 9.74. The van der Waals surface area contributed by atoms with Crippen molar-refractivity contribution >= 4 is 17.7 Å². The number of amides is 3. The molecule has 0 radical (unpaired) electrons. The molecule has 3 fully saturated rings. The first-order chi connectivity index (χ1) is 17.1. The number of nitrogens with zero attached hydrogens (tertiary/aromatic N) is 2. The maximum absolute atomic E-state index is 13.9. The fraction of sp³-hybridized carbons (Fsp3) is 0.423. The highest BCUT2D eigenvalue weighted by atomic mass is 19.4. The second-order valence-electron chi connectivity index (χ2n) is 9.59. The molecule has 2 aromatic rings. The molecule has 0 unspecified atom stereocenters. The van der Waals surface area contributed by atoms with Gasteiger partial charge in [0.1, 0.15) is 11.4 Å². The van der Waals surface area contributed by atoms with E-state index < -0.39 is 52.8 Å². The molecule has 3 aliphatic rings. The van der Waals surface area contributed by atoms with Gasteiger partial charge in [-0.15, -0.1) is 0 Å². The molecule has 2 aromatic carbocycles. The van der Waals surface area contributed by atoms with Gasteiger partial charge in [-0.25, -0.2) is 4.39 Å². The topological polar surface area (TPSA) is 69.7 Å². The third kappa shape index (κ3) is 3.78. The van der Waals surface area contributed by atoms with E-state index in [0.29, 0.717) is 24.9 Å². The largest absolute Gasteiger partial charge is 0.416 e. The maximum Gasteiger partial charge on any atom is 0.416 e. The van der Waals surface area contributed by atoms with E-state index in [1.807, 2.05) is 0 Å². The Balaban J connectivity index is 1.52. The predicted octanol–water partition coefficient (Wildman–Crippen LogP) is 3.67. The number of hydrogen-bond donors (Lipinski definition) is 1. The van der Waals surface area contributed by atoms with Crippen LogP contribution in [0, 0.1) is 17.7 Å². The summed E-state index contributed by atoms with van der Waals surface area (Å²) in [5, 5.41) is 3.26. The molecule has 0 saturated carbocycles. The van der Waals surface area contributed by atoms with Gasteiger partial charge >= 0.3 is 6.18 Å². The minimum atomic E-state index is -4.51. The van der Waals surface area contributed by atoms with E-state index in [-0.39, 0.29) is 19.0 Å². The first-order valence-corrected chi connectivity index (χ1v) is 11.9. The van der Waals surface area contributed by atoms with E-state index in [1.165, 1.54) is 24.3 Å². The molecule has 0 aliphatic carbocycles. The highest BCUT2D eigenvalue weighted by Crippen LogP contribution is 2.52. The standard InChI is InChI=1S/C26H25F4N3O3/c1-2-33-22(34)19-20(23(33)35)25(31-21(19)16-6-8-17(9-7-16)26(28,29)30)12-3-13-32(24(25)36)14-15-4-10-18(27)11-5-15/h4-11,19-21,31H,2-3,12-14H2,1H3/t19-,20-,21-,25-/m1/s1. The van der Waals surface area contributed by atoms with Crippen molar-refractivity contribution in [2.75, 3.05) is 13.1 Å². The van der Waals surface area contributed by atoms with E-state index >= 15 is 0 Å². The lowest BCUT2D eigenvalue weighted by Crippen LogP contribution is -2.63. The van der Waals surface area contributed by atoms with Gasteiger partial charge in [-0.1, -0.05) is 24.3 Å². The van der Waals surface area contributed by atoms with E-state index in [1.54, 1.807) is 24.0 Å². The zero-order valence-corrected chi connectivity index (χ0v) is 19.5. The summed E-state index contributed by atoms with van der Waals surface area (Å²) >= 11 is 0. The summed E-state index contributed by atoms with van der Waals surface area (Å²) in [6, 6.07) is 9.48. The van der Waals surface area contributed by atoms with Crippen molar-refractivity contribution in [2.45, 2.75) is 44.1 Å². The van der Waals surface area contributed by atoms with Crippen LogP contribution in [0.4, 0.5) is 17.6 Å². The van der Waals surface area contributed by atoms with Crippen LogP contribution < -0.4 is 5.32 Å². The molecule has 10 heteroatoms. The number of rotatable bonds is 4. The molecule has 5 rings (SSSR count). The third-order valence-electron chi connectivity index (χ3n) is 7.61. The Morgan fingerprint density at radius 3 is 2.28 bits per heavy atom. The summed E-state index contributed by atoms with van der Waals surface area (Å²) in [7, 11) is 0. The number of halogens is 4. The number of carbonyl (C=O) groups is 3. The Hall–Kier alpha value is -3.27. The van der Waals surface area contributed by atoms with Crippen LogP contribution >= 0.6 is 0 Å². The molecule has 36 heavy (non-hydrogen) atoms. The summed E-state index contributed by atoms with van der Waals surface area (Å²) in [6.07, 6.45) is -3.62. The van der Waals surface area contributed by atoms with Gasteiger partial charge in [-0.3, -0.25) is 24.6 Å². The minimum absolute atomic E-state index is 0.147. The summed E-state index contributed by atoms with van der Waals surface area (Å²) in [6.45, 7) is 2.47. The normalized spacial score (nSPS) is 28.4. The first kappa shape index (κ1) is 24.4. The quantitative estimate of drug-likeness (QED) is 0.511. The average Bonchev–Trinajstić information content (AvgIpc) is 3.31. The van der Waals surface area contributed by atoms with Gasteiger partial charge in [0.15, 0.2) is 0 Å². The van der Waals surface area contributed by atoms with Gasteiger partial charge in [0.05, 0.1) is 17.4 Å². The van der Waals surface area contributed by atoms with Crippen molar-refractivity contribution in [1.82, 2.24) is 15.1 Å². The fourth-order valence-electron chi connectivity index (χ4n) is 5.97. The molecule has 0 aromatic heterocycles. The molecular weight excluding hydrogens is 478 g/mol. The lowest BCUT2D eigenvalue weighted by molar-refractivity contribution is -0.150. The molecule has 190 valence electrons. The number of carbonyl (C=O) groups excluding carboxylic acids is 3. The van der Waals surface area contributed by atoms with Gasteiger partial charge in [-0.2, -0.15) is 13.2 Å². The van der Waals surface area contributed by atoms with Crippen LogP contribution in [-0.2, 0) is 27.1 Å². The Bertz CT molecular complexity index is 1200. The van der Waals surface area contributed by atoms with Gasteiger partial charge in [-0.05, 0) is 55.2 Å². The SMILES string of the molecule is CCN1C(=O)[C@H]2[C@@H](c3ccc(C(F)(F)F)cc3)N[C@]3(CCCN(Cc4ccc(F)cc4)C3=O)[C@H]2C1=O. The van der Waals surface area contributed by atoms with Crippen LogP contribution in [0.3, 0.4) is 0 Å². The number of likely N-dealkylation sites (tertiary alicyclic amines) is 2. The predicted molar refractivity (Wildman–Crippen MR) is 120 cm³/mol. The lowest BCUT2D eigenvalue weighted by Gasteiger charge is -2.42. The molecule has 3 saturated heterocycles. The van der Waals surface area contributed by atoms with Gasteiger partial charge in [0.2, 0.25) is 17.7 Å². The number of nitrogens with one attached hydrogen (secondary N) is 1. The second-order valence-corrected chi connectivity index (χ2v) is 9.59. The molecule has 3 heterocycles. The minimum Gasteiger partial charge on any atom is -0.337 e. The van der Waals surface area contributed by atoms with Crippen LogP contribution in [0.5, 0.6) is 0 Å². The Morgan fingerprint density at radius 2 is 1.67 bits per heavy atom. The molecule has 4 atom stereocenters. The van der Waals surface area contributed by atoms with Crippen LogP contribution in [0.25, 0.3) is 0 Å². The number of piperidine rings is 1. The number of benzene rings is 2. The zero-order chi connectivity index (χ0) is 25.8. The van der Waals surface area contributed by atoms with Gasteiger partial charge < -0.3 is 4.90 Å². The molecule has 1 spiro atoms. The zero-order valence-electron chi connectivity index (χ0n) is 19.5. The third-order valence-corrected chi connectivity index (χ3v) is 7.61. The monoisotopic (exact) mass is 503 g/mol. The highest BCUT2D eigenvalue weighted by molar-refractivity contribution is 6.10. The van der Waals surface area contributed by atoms with Crippen LogP contribution in [0.15, 0.2) is 48.5 Å². The van der Waals surface area contributed by atoms with Crippen molar-refractivity contribution in [1.29, 1.82) is 0 Å². The number of fused-ring (bicyclic) bond motifs is 2. The molecule has 3 aliphatic heterocycles. The van der Waals surface area contributed by atoms with Crippen molar-refractivity contribution in [3.63, 3.8) is 0 Å². The van der Waals surface area contributed by atoms with Crippen molar-refractivity contribution < 1.29 is 31.9 Å². The molecular formula is C26H25F4N3O3. The highest BCUT2D eigenvalue weighted by Gasteiger charge is 2.68. The summed E-state index contributed by atoms with van der Waals surface area (Å²) in [4.78, 5) is 43.4. The molecule has 3 amide bonds. The first-order valence-electron chi connectivity index (χ1n) is 11.9. The van der Waals surface area contributed by atoms with Gasteiger partial charge in [0.25, 0.3) is 0 Å². The van der Waals surface area contributed by atoms with E-state index in [9.17, 15) is 31.9 Å². The van der Waals surface area contributed by atoms with Crippen molar-refractivity contribution in [3.05, 3.63) is 71.0 Å². The second kappa shape index (κ2) is 8.69. The molecule has 1 N–H and O–H groups in total. The van der Waals surface area contributed by atoms with Crippen LogP contribution in [-0.4, -0.2) is 46.1 Å². The Labute approximate surface area is 205 Å². The Morgan fingerprint density at radius 1 is 1.00 bits per heavy atom. The number of hydrogen-bond acceptors (Lipinski definition) is 4. The maximum atomic E-state index is 13.9. The van der Waals surface area contributed by atoms with E-state index in [0.717, 1.165) is 22.6 Å². The van der Waals surface area contributed by atoms with Crippen LogP contribution in [0.1, 0.15) is 42.5 Å². The summed E-state index contributed by atoms with van der Waals surface area (Å²) in [5.41, 5.74) is -1.04. The summed E-state index contributed by atoms with van der Waals surface area (Å²) in [5.74, 6) is -3.45. The van der Waals surface area contributed by atoms with Crippen molar-refractivity contribution in [3.8, 4) is 0 Å². The molecule has 0 bridgehead atoms. The van der Waals surface area contributed by atoms with E-state index in [4.69, 9.17) is 0 Å². The van der Waals surface area contributed by atoms with Crippen LogP contribution in [0.2, 0.25) is 0 Å². The average molecular weight is 503 g/mol.